The number of carbonyl (C=O) groups is 1. The van der Waals surface area contributed by atoms with Crippen molar-refractivity contribution in [2.45, 2.75) is 6.54 Å². The van der Waals surface area contributed by atoms with E-state index in [1.54, 1.807) is 11.4 Å². The number of thiazole rings is 1. The van der Waals surface area contributed by atoms with Crippen LogP contribution in [-0.2, 0) is 6.54 Å². The Bertz CT molecular complexity index is 587. The van der Waals surface area contributed by atoms with Gasteiger partial charge in [-0.05, 0) is 12.1 Å². The molecule has 1 heterocycles. The molecule has 94 valence electrons. The molecule has 0 bridgehead atoms. The minimum Gasteiger partial charge on any atom is -0.325 e. The van der Waals surface area contributed by atoms with Gasteiger partial charge in [0, 0.05) is 11.9 Å². The minimum absolute atomic E-state index is 0.0230. The molecule has 2 aromatic rings. The maximum atomic E-state index is 13.6. The van der Waals surface area contributed by atoms with E-state index in [9.17, 15) is 9.18 Å². The zero-order valence-corrected chi connectivity index (χ0v) is 10.7. The molecule has 4 nitrogen and oxygen atoms in total. The Labute approximate surface area is 112 Å². The Kier molecular flexibility index (Phi) is 3.90. The number of nitrogens with one attached hydrogen (secondary N) is 1. The fraction of sp³-hybridized carbons (Fsp3) is 0.0909. The third-order valence-corrected chi connectivity index (χ3v) is 3.32. The summed E-state index contributed by atoms with van der Waals surface area (Å²) in [6.45, 7) is 0.267. The monoisotopic (exact) mass is 285 g/mol. The lowest BCUT2D eigenvalue weighted by molar-refractivity contribution is 0.102. The van der Waals surface area contributed by atoms with Crippen molar-refractivity contribution in [1.82, 2.24) is 4.98 Å². The van der Waals surface area contributed by atoms with Crippen molar-refractivity contribution in [2.24, 2.45) is 5.73 Å². The highest BCUT2D eigenvalue weighted by Gasteiger charge is 2.13. The van der Waals surface area contributed by atoms with E-state index in [1.807, 2.05) is 0 Å². The van der Waals surface area contributed by atoms with Crippen molar-refractivity contribution >= 4 is 34.5 Å². The summed E-state index contributed by atoms with van der Waals surface area (Å²) in [6, 6.07) is 4.38. The number of nitrogens with zero attached hydrogens (tertiary/aromatic N) is 1. The molecule has 7 heteroatoms. The molecule has 1 aromatic carbocycles. The summed E-state index contributed by atoms with van der Waals surface area (Å²) < 4.78 is 13.6. The largest absolute Gasteiger partial charge is 0.325 e. The number of hydrogen-bond donors (Lipinski definition) is 2. The van der Waals surface area contributed by atoms with Crippen LogP contribution in [0.2, 0.25) is 5.02 Å². The molecular weight excluding hydrogens is 277 g/mol. The molecule has 0 unspecified atom stereocenters. The number of halogens is 2. The van der Waals surface area contributed by atoms with Gasteiger partial charge in [-0.25, -0.2) is 9.37 Å². The molecule has 0 saturated heterocycles. The molecule has 2 rings (SSSR count). The fourth-order valence-electron chi connectivity index (χ4n) is 1.30. The van der Waals surface area contributed by atoms with Crippen LogP contribution < -0.4 is 11.1 Å². The van der Waals surface area contributed by atoms with E-state index in [4.69, 9.17) is 17.3 Å². The molecule has 0 radical (unpaired) electrons. The van der Waals surface area contributed by atoms with Crippen LogP contribution in [0, 0.1) is 5.82 Å². The van der Waals surface area contributed by atoms with Gasteiger partial charge >= 0.3 is 0 Å². The predicted octanol–water partition coefficient (Wildman–Crippen LogP) is 2.65. The maximum Gasteiger partial charge on any atom is 0.275 e. The van der Waals surface area contributed by atoms with Gasteiger partial charge in [0.25, 0.3) is 5.91 Å². The Hall–Kier alpha value is -1.50. The van der Waals surface area contributed by atoms with E-state index in [2.05, 4.69) is 10.3 Å². The number of benzene rings is 1. The highest BCUT2D eigenvalue weighted by Crippen LogP contribution is 2.22. The van der Waals surface area contributed by atoms with Crippen molar-refractivity contribution in [3.63, 3.8) is 0 Å². The van der Waals surface area contributed by atoms with E-state index in [0.29, 0.717) is 5.01 Å². The summed E-state index contributed by atoms with van der Waals surface area (Å²) in [5.74, 6) is -1.16. The molecule has 0 fully saturated rings. The Morgan fingerprint density at radius 1 is 1.56 bits per heavy atom. The van der Waals surface area contributed by atoms with Crippen molar-refractivity contribution in [2.75, 3.05) is 5.32 Å². The first-order chi connectivity index (χ1) is 8.61. The van der Waals surface area contributed by atoms with Gasteiger partial charge in [0.05, 0.1) is 10.7 Å². The van der Waals surface area contributed by atoms with Gasteiger partial charge in [0.15, 0.2) is 5.82 Å². The molecule has 1 aromatic heterocycles. The van der Waals surface area contributed by atoms with Gasteiger partial charge in [0.1, 0.15) is 10.7 Å². The van der Waals surface area contributed by atoms with Crippen molar-refractivity contribution < 1.29 is 9.18 Å². The van der Waals surface area contributed by atoms with Crippen LogP contribution in [0.3, 0.4) is 0 Å². The third kappa shape index (κ3) is 2.66. The summed E-state index contributed by atoms with van der Waals surface area (Å²) in [7, 11) is 0. The number of amides is 1. The molecule has 3 N–H and O–H groups in total. The lowest BCUT2D eigenvalue weighted by Crippen LogP contribution is -2.13. The van der Waals surface area contributed by atoms with Gasteiger partial charge < -0.3 is 11.1 Å². The minimum atomic E-state index is -0.665. The van der Waals surface area contributed by atoms with Gasteiger partial charge in [0.2, 0.25) is 0 Å². The lowest BCUT2D eigenvalue weighted by Gasteiger charge is -2.05. The summed E-state index contributed by atoms with van der Waals surface area (Å²) in [5.41, 5.74) is 5.63. The smallest absolute Gasteiger partial charge is 0.275 e. The summed E-state index contributed by atoms with van der Waals surface area (Å²) in [5, 5.41) is 4.58. The Morgan fingerprint density at radius 2 is 2.33 bits per heavy atom. The van der Waals surface area contributed by atoms with Crippen molar-refractivity contribution in [3.8, 4) is 0 Å². The van der Waals surface area contributed by atoms with Crippen LogP contribution in [0.1, 0.15) is 15.5 Å². The SMILES string of the molecule is NCc1nc(C(=O)Nc2cccc(Cl)c2F)cs1. The second kappa shape index (κ2) is 5.43. The van der Waals surface area contributed by atoms with Crippen LogP contribution in [0.25, 0.3) is 0 Å². The fourth-order valence-corrected chi connectivity index (χ4v) is 2.12. The highest BCUT2D eigenvalue weighted by atomic mass is 35.5. The topological polar surface area (TPSA) is 68.0 Å². The van der Waals surface area contributed by atoms with Gasteiger partial charge in [-0.15, -0.1) is 11.3 Å². The quantitative estimate of drug-likeness (QED) is 0.911. The standard InChI is InChI=1S/C11H9ClFN3OS/c12-6-2-1-3-7(10(6)13)16-11(17)8-5-18-9(4-14)15-8/h1-3,5H,4,14H2,(H,16,17). The van der Waals surface area contributed by atoms with E-state index in [0.717, 1.165) is 0 Å². The van der Waals surface area contributed by atoms with E-state index in [-0.39, 0.29) is 22.9 Å². The van der Waals surface area contributed by atoms with Gasteiger partial charge in [-0.3, -0.25) is 4.79 Å². The van der Waals surface area contributed by atoms with Crippen LogP contribution in [0.15, 0.2) is 23.6 Å². The van der Waals surface area contributed by atoms with E-state index >= 15 is 0 Å². The first-order valence-electron chi connectivity index (χ1n) is 5.01. The van der Waals surface area contributed by atoms with Crippen LogP contribution in [0.4, 0.5) is 10.1 Å². The number of carbonyl (C=O) groups excluding carboxylic acids is 1. The molecule has 0 spiro atoms. The lowest BCUT2D eigenvalue weighted by atomic mass is 10.3. The third-order valence-electron chi connectivity index (χ3n) is 2.16. The number of hydrogen-bond acceptors (Lipinski definition) is 4. The van der Waals surface area contributed by atoms with Gasteiger partial charge in [-0.1, -0.05) is 17.7 Å². The van der Waals surface area contributed by atoms with Crippen LogP contribution in [-0.4, -0.2) is 10.9 Å². The predicted molar refractivity (Wildman–Crippen MR) is 69.4 cm³/mol. The maximum absolute atomic E-state index is 13.6. The first-order valence-corrected chi connectivity index (χ1v) is 6.27. The normalized spacial score (nSPS) is 10.4. The first kappa shape index (κ1) is 12.9. The number of anilines is 1. The second-order valence-electron chi connectivity index (χ2n) is 3.39. The molecule has 1 amide bonds. The average molecular weight is 286 g/mol. The summed E-state index contributed by atoms with van der Waals surface area (Å²) >= 11 is 6.89. The second-order valence-corrected chi connectivity index (χ2v) is 4.74. The molecule has 0 aliphatic carbocycles. The van der Waals surface area contributed by atoms with Gasteiger partial charge in [-0.2, -0.15) is 0 Å². The highest BCUT2D eigenvalue weighted by molar-refractivity contribution is 7.09. The van der Waals surface area contributed by atoms with Crippen molar-refractivity contribution in [3.05, 3.63) is 45.1 Å². The van der Waals surface area contributed by atoms with Crippen LogP contribution in [0.5, 0.6) is 0 Å². The van der Waals surface area contributed by atoms with E-state index < -0.39 is 11.7 Å². The Morgan fingerprint density at radius 3 is 3.00 bits per heavy atom. The zero-order chi connectivity index (χ0) is 13.1. The number of rotatable bonds is 3. The molecule has 0 aliphatic heterocycles. The van der Waals surface area contributed by atoms with Crippen LogP contribution >= 0.6 is 22.9 Å². The number of aromatic nitrogens is 1. The molecule has 0 saturated carbocycles. The number of nitrogens with two attached hydrogens (primary N) is 1. The van der Waals surface area contributed by atoms with E-state index in [1.165, 1.54) is 23.5 Å². The molecule has 18 heavy (non-hydrogen) atoms. The molecular formula is C11H9ClFN3OS. The molecule has 0 atom stereocenters. The average Bonchev–Trinajstić information content (AvgIpc) is 2.83. The summed E-state index contributed by atoms with van der Waals surface area (Å²) in [4.78, 5) is 15.8. The van der Waals surface area contributed by atoms with Crippen molar-refractivity contribution in [1.29, 1.82) is 0 Å². The zero-order valence-electron chi connectivity index (χ0n) is 9.11. The Balaban J connectivity index is 2.18. The summed E-state index contributed by atoms with van der Waals surface area (Å²) in [6.07, 6.45) is 0. The molecule has 0 aliphatic rings.